The molecule has 1 atom stereocenters. The van der Waals surface area contributed by atoms with E-state index in [-0.39, 0.29) is 5.54 Å². The van der Waals surface area contributed by atoms with Crippen molar-refractivity contribution in [3.63, 3.8) is 0 Å². The van der Waals surface area contributed by atoms with Crippen LogP contribution < -0.4 is 10.6 Å². The highest BCUT2D eigenvalue weighted by molar-refractivity contribution is 5.80. The lowest BCUT2D eigenvalue weighted by molar-refractivity contribution is 0.183. The van der Waals surface area contributed by atoms with E-state index in [0.29, 0.717) is 13.0 Å². The summed E-state index contributed by atoms with van der Waals surface area (Å²) in [5, 5.41) is 16.5. The predicted octanol–water partition coefficient (Wildman–Crippen LogP) is 1.94. The Bertz CT molecular complexity index is 409. The molecule has 0 aliphatic carbocycles. The molecule has 4 heteroatoms. The minimum Gasteiger partial charge on any atom is -0.391 e. The quantitative estimate of drug-likeness (QED) is 0.569. The van der Waals surface area contributed by atoms with Crippen LogP contribution in [0.25, 0.3) is 0 Å². The fraction of sp³-hybridized carbons (Fsp3) is 0.562. The Hall–Kier alpha value is -1.55. The van der Waals surface area contributed by atoms with E-state index in [1.165, 1.54) is 0 Å². The lowest BCUT2D eigenvalue weighted by Gasteiger charge is -2.24. The van der Waals surface area contributed by atoms with Gasteiger partial charge in [-0.2, -0.15) is 0 Å². The Balaban J connectivity index is 2.53. The van der Waals surface area contributed by atoms with Gasteiger partial charge in [-0.25, -0.2) is 0 Å². The minimum absolute atomic E-state index is 0.0502. The van der Waals surface area contributed by atoms with Crippen LogP contribution in [0.3, 0.4) is 0 Å². The SMILES string of the molecule is CCNC(=NCC(O)Cc1ccccc1)NC(C)(C)C. The molecule has 0 spiro atoms. The van der Waals surface area contributed by atoms with Crippen molar-refractivity contribution in [2.75, 3.05) is 13.1 Å². The zero-order valence-electron chi connectivity index (χ0n) is 13.0. The number of hydrogen-bond acceptors (Lipinski definition) is 2. The van der Waals surface area contributed by atoms with Gasteiger partial charge in [0.1, 0.15) is 0 Å². The Labute approximate surface area is 122 Å². The molecule has 1 unspecified atom stereocenters. The molecule has 1 aromatic carbocycles. The molecule has 20 heavy (non-hydrogen) atoms. The summed E-state index contributed by atoms with van der Waals surface area (Å²) >= 11 is 0. The number of nitrogens with one attached hydrogen (secondary N) is 2. The fourth-order valence-corrected chi connectivity index (χ4v) is 1.81. The maximum Gasteiger partial charge on any atom is 0.191 e. The van der Waals surface area contributed by atoms with Gasteiger partial charge >= 0.3 is 0 Å². The number of benzene rings is 1. The van der Waals surface area contributed by atoms with Crippen LogP contribution in [0, 0.1) is 0 Å². The van der Waals surface area contributed by atoms with Crippen LogP contribution >= 0.6 is 0 Å². The summed E-state index contributed by atoms with van der Waals surface area (Å²) in [5.74, 6) is 0.743. The average Bonchev–Trinajstić information content (AvgIpc) is 2.36. The molecule has 0 aliphatic heterocycles. The Morgan fingerprint density at radius 2 is 1.90 bits per heavy atom. The van der Waals surface area contributed by atoms with Crippen LogP contribution in [0.15, 0.2) is 35.3 Å². The third kappa shape index (κ3) is 7.14. The van der Waals surface area contributed by atoms with Crippen molar-refractivity contribution in [3.05, 3.63) is 35.9 Å². The Morgan fingerprint density at radius 3 is 2.45 bits per heavy atom. The molecule has 0 saturated carbocycles. The van der Waals surface area contributed by atoms with E-state index in [4.69, 9.17) is 0 Å². The first-order valence-corrected chi connectivity index (χ1v) is 7.19. The van der Waals surface area contributed by atoms with E-state index in [2.05, 4.69) is 36.4 Å². The van der Waals surface area contributed by atoms with Gasteiger partial charge in [-0.3, -0.25) is 4.99 Å². The lowest BCUT2D eigenvalue weighted by Crippen LogP contribution is -2.47. The molecule has 0 bridgehead atoms. The second kappa shape index (κ2) is 7.90. The van der Waals surface area contributed by atoms with Gasteiger partial charge in [-0.05, 0) is 33.3 Å². The normalized spacial score (nSPS) is 13.9. The van der Waals surface area contributed by atoms with Gasteiger partial charge in [0.2, 0.25) is 0 Å². The van der Waals surface area contributed by atoms with E-state index in [9.17, 15) is 5.11 Å². The largest absolute Gasteiger partial charge is 0.391 e. The highest BCUT2D eigenvalue weighted by Gasteiger charge is 2.12. The highest BCUT2D eigenvalue weighted by atomic mass is 16.3. The average molecular weight is 277 g/mol. The molecular formula is C16H27N3O. The van der Waals surface area contributed by atoms with E-state index < -0.39 is 6.10 Å². The molecule has 4 nitrogen and oxygen atoms in total. The first-order valence-electron chi connectivity index (χ1n) is 7.19. The van der Waals surface area contributed by atoms with Crippen LogP contribution in [-0.4, -0.2) is 35.8 Å². The third-order valence-corrected chi connectivity index (χ3v) is 2.61. The van der Waals surface area contributed by atoms with Gasteiger partial charge in [0.25, 0.3) is 0 Å². The molecule has 0 saturated heterocycles. The number of aliphatic imine (C=N–C) groups is 1. The summed E-state index contributed by atoms with van der Waals surface area (Å²) in [7, 11) is 0. The molecule has 0 aliphatic rings. The monoisotopic (exact) mass is 277 g/mol. The van der Waals surface area contributed by atoms with Crippen LogP contribution in [0.1, 0.15) is 33.3 Å². The summed E-state index contributed by atoms with van der Waals surface area (Å²) in [6, 6.07) is 9.98. The van der Waals surface area contributed by atoms with Crippen molar-refractivity contribution in [3.8, 4) is 0 Å². The number of aliphatic hydroxyl groups excluding tert-OH is 1. The van der Waals surface area contributed by atoms with Gasteiger partial charge in [-0.1, -0.05) is 30.3 Å². The minimum atomic E-state index is -0.465. The smallest absolute Gasteiger partial charge is 0.191 e. The molecule has 3 N–H and O–H groups in total. The molecular weight excluding hydrogens is 250 g/mol. The summed E-state index contributed by atoms with van der Waals surface area (Å²) in [6.45, 7) is 9.47. The number of guanidine groups is 1. The zero-order valence-corrected chi connectivity index (χ0v) is 13.0. The van der Waals surface area contributed by atoms with Gasteiger partial charge < -0.3 is 15.7 Å². The first-order chi connectivity index (χ1) is 9.40. The maximum absolute atomic E-state index is 10.1. The van der Waals surface area contributed by atoms with Crippen molar-refractivity contribution in [1.82, 2.24) is 10.6 Å². The van der Waals surface area contributed by atoms with Gasteiger partial charge in [0.15, 0.2) is 5.96 Å². The first kappa shape index (κ1) is 16.5. The standard InChI is InChI=1S/C16H27N3O/c1-5-17-15(19-16(2,3)4)18-12-14(20)11-13-9-7-6-8-10-13/h6-10,14,20H,5,11-12H2,1-4H3,(H2,17,18,19). The van der Waals surface area contributed by atoms with Gasteiger partial charge in [-0.15, -0.1) is 0 Å². The van der Waals surface area contributed by atoms with Crippen molar-refractivity contribution >= 4 is 5.96 Å². The fourth-order valence-electron chi connectivity index (χ4n) is 1.81. The van der Waals surface area contributed by atoms with E-state index in [1.54, 1.807) is 0 Å². The molecule has 0 amide bonds. The molecule has 0 aromatic heterocycles. The van der Waals surface area contributed by atoms with Gasteiger partial charge in [0, 0.05) is 18.5 Å². The summed E-state index contributed by atoms with van der Waals surface area (Å²) in [6.07, 6.45) is 0.159. The van der Waals surface area contributed by atoms with E-state index >= 15 is 0 Å². The van der Waals surface area contributed by atoms with Crippen LogP contribution in [0.5, 0.6) is 0 Å². The number of aliphatic hydroxyl groups is 1. The number of rotatable bonds is 5. The maximum atomic E-state index is 10.1. The van der Waals surface area contributed by atoms with Crippen molar-refractivity contribution < 1.29 is 5.11 Å². The third-order valence-electron chi connectivity index (χ3n) is 2.61. The summed E-state index contributed by atoms with van der Waals surface area (Å²) in [4.78, 5) is 4.44. The van der Waals surface area contributed by atoms with Crippen molar-refractivity contribution in [2.24, 2.45) is 4.99 Å². The molecule has 1 aromatic rings. The topological polar surface area (TPSA) is 56.7 Å². The van der Waals surface area contributed by atoms with E-state index in [1.807, 2.05) is 37.3 Å². The second-order valence-electron chi connectivity index (χ2n) is 5.94. The number of hydrogen-bond donors (Lipinski definition) is 3. The Kier molecular flexibility index (Phi) is 6.52. The Morgan fingerprint density at radius 1 is 1.25 bits per heavy atom. The predicted molar refractivity (Wildman–Crippen MR) is 85.0 cm³/mol. The molecule has 1 rings (SSSR count). The number of nitrogens with zero attached hydrogens (tertiary/aromatic N) is 1. The summed E-state index contributed by atoms with van der Waals surface area (Å²) < 4.78 is 0. The second-order valence-corrected chi connectivity index (χ2v) is 5.94. The highest BCUT2D eigenvalue weighted by Crippen LogP contribution is 2.03. The van der Waals surface area contributed by atoms with Crippen molar-refractivity contribution in [1.29, 1.82) is 0 Å². The zero-order chi connectivity index (χ0) is 15.0. The summed E-state index contributed by atoms with van der Waals surface area (Å²) in [5.41, 5.74) is 1.08. The van der Waals surface area contributed by atoms with Crippen molar-refractivity contribution in [2.45, 2.75) is 45.8 Å². The molecule has 0 fully saturated rings. The lowest BCUT2D eigenvalue weighted by atomic mass is 10.1. The van der Waals surface area contributed by atoms with Crippen LogP contribution in [0.2, 0.25) is 0 Å². The molecule has 112 valence electrons. The molecule has 0 radical (unpaired) electrons. The van der Waals surface area contributed by atoms with E-state index in [0.717, 1.165) is 18.1 Å². The molecule has 0 heterocycles. The van der Waals surface area contributed by atoms with Gasteiger partial charge in [0.05, 0.1) is 12.6 Å². The van der Waals surface area contributed by atoms with Crippen LogP contribution in [0.4, 0.5) is 0 Å². The van der Waals surface area contributed by atoms with Crippen LogP contribution in [-0.2, 0) is 6.42 Å².